The number of carbonyl (C=O) groups is 1. The number of benzene rings is 1. The van der Waals surface area contributed by atoms with Gasteiger partial charge in [-0.2, -0.15) is 5.26 Å². The summed E-state index contributed by atoms with van der Waals surface area (Å²) in [6.07, 6.45) is 3.71. The highest BCUT2D eigenvalue weighted by Crippen LogP contribution is 2.31. The highest BCUT2D eigenvalue weighted by Gasteiger charge is 2.17. The molecule has 0 saturated heterocycles. The smallest absolute Gasteiger partial charge is 0.233 e. The van der Waals surface area contributed by atoms with Crippen LogP contribution in [0.2, 0.25) is 0 Å². The summed E-state index contributed by atoms with van der Waals surface area (Å²) in [6.45, 7) is 4.99. The molecule has 0 aliphatic rings. The van der Waals surface area contributed by atoms with Gasteiger partial charge in [-0.05, 0) is 36.1 Å². The Hall–Kier alpha value is -2.83. The molecule has 0 aliphatic heterocycles. The van der Waals surface area contributed by atoms with Crippen LogP contribution in [0.4, 0.5) is 10.8 Å². The third-order valence-electron chi connectivity index (χ3n) is 4.73. The first-order valence-corrected chi connectivity index (χ1v) is 12.0. The van der Waals surface area contributed by atoms with Gasteiger partial charge in [-0.15, -0.1) is 10.2 Å². The van der Waals surface area contributed by atoms with Crippen molar-refractivity contribution in [3.63, 3.8) is 0 Å². The van der Waals surface area contributed by atoms with E-state index >= 15 is 0 Å². The van der Waals surface area contributed by atoms with Crippen LogP contribution in [-0.4, -0.2) is 33.3 Å². The topological polar surface area (TPSA) is 95.0 Å². The monoisotopic (exact) mass is 455 g/mol. The zero-order chi connectivity index (χ0) is 22.1. The van der Waals surface area contributed by atoms with E-state index in [1.165, 1.54) is 34.2 Å². The van der Waals surface area contributed by atoms with Gasteiger partial charge in [-0.1, -0.05) is 55.1 Å². The van der Waals surface area contributed by atoms with Crippen LogP contribution in [0, 0.1) is 11.3 Å². The van der Waals surface area contributed by atoms with E-state index in [1.54, 1.807) is 17.2 Å². The van der Waals surface area contributed by atoms with Gasteiger partial charge in [-0.3, -0.25) is 4.79 Å². The maximum atomic E-state index is 12.7. The second kappa shape index (κ2) is 11.5. The molecule has 0 fully saturated rings. The number of thioether (sulfide) groups is 1. The zero-order valence-corrected chi connectivity index (χ0v) is 19.3. The van der Waals surface area contributed by atoms with Gasteiger partial charge in [0.1, 0.15) is 5.76 Å². The molecule has 7 nitrogen and oxygen atoms in total. The Morgan fingerprint density at radius 1 is 1.23 bits per heavy atom. The summed E-state index contributed by atoms with van der Waals surface area (Å²) in [5, 5.41) is 21.5. The highest BCUT2D eigenvalue weighted by atomic mass is 32.2. The van der Waals surface area contributed by atoms with Crippen LogP contribution in [0.25, 0.3) is 0 Å². The Kier molecular flexibility index (Phi) is 8.50. The van der Waals surface area contributed by atoms with Crippen molar-refractivity contribution in [3.05, 3.63) is 53.5 Å². The van der Waals surface area contributed by atoms with Gasteiger partial charge in [0, 0.05) is 12.2 Å². The minimum Gasteiger partial charge on any atom is -0.467 e. The van der Waals surface area contributed by atoms with Crippen molar-refractivity contribution in [3.8, 4) is 6.07 Å². The lowest BCUT2D eigenvalue weighted by Gasteiger charge is -2.19. The minimum absolute atomic E-state index is 0.0639. The lowest BCUT2D eigenvalue weighted by molar-refractivity contribution is -0.129. The van der Waals surface area contributed by atoms with Crippen molar-refractivity contribution in [1.29, 1.82) is 5.26 Å². The van der Waals surface area contributed by atoms with Crippen LogP contribution in [-0.2, 0) is 24.2 Å². The van der Waals surface area contributed by atoms with E-state index < -0.39 is 0 Å². The molecule has 2 heterocycles. The molecule has 0 atom stereocenters. The first-order valence-electron chi connectivity index (χ1n) is 10.2. The van der Waals surface area contributed by atoms with Gasteiger partial charge in [0.25, 0.3) is 0 Å². The number of nitriles is 1. The number of hydrogen-bond acceptors (Lipinski definition) is 8. The number of anilines is 2. The molecule has 2 aromatic heterocycles. The molecule has 0 saturated carbocycles. The first kappa shape index (κ1) is 22.8. The van der Waals surface area contributed by atoms with Crippen molar-refractivity contribution in [1.82, 2.24) is 15.1 Å². The number of rotatable bonds is 11. The molecule has 1 amide bonds. The van der Waals surface area contributed by atoms with E-state index in [0.29, 0.717) is 24.0 Å². The first-order chi connectivity index (χ1) is 15.1. The SMILES string of the molecule is CCc1cccc(CC)c1Nc1nnc(SCC(=O)N(CCC#N)Cc2ccco2)s1. The lowest BCUT2D eigenvalue weighted by atomic mass is 10.0. The summed E-state index contributed by atoms with van der Waals surface area (Å²) in [5.41, 5.74) is 3.58. The molecule has 1 aromatic carbocycles. The van der Waals surface area contributed by atoms with Crippen molar-refractivity contribution >= 4 is 39.8 Å². The molecular weight excluding hydrogens is 430 g/mol. The number of carbonyl (C=O) groups excluding carboxylic acids is 1. The second-order valence-corrected chi connectivity index (χ2v) is 8.95. The zero-order valence-electron chi connectivity index (χ0n) is 17.6. The van der Waals surface area contributed by atoms with Crippen LogP contribution in [0.3, 0.4) is 0 Å². The lowest BCUT2D eigenvalue weighted by Crippen LogP contribution is -2.32. The maximum absolute atomic E-state index is 12.7. The fourth-order valence-corrected chi connectivity index (χ4v) is 4.77. The van der Waals surface area contributed by atoms with Crippen LogP contribution in [0.1, 0.15) is 37.2 Å². The molecule has 31 heavy (non-hydrogen) atoms. The maximum Gasteiger partial charge on any atom is 0.233 e. The molecule has 3 rings (SSSR count). The Bertz CT molecular complexity index is 1000. The fourth-order valence-electron chi connectivity index (χ4n) is 3.11. The van der Waals surface area contributed by atoms with Gasteiger partial charge >= 0.3 is 0 Å². The molecule has 0 radical (unpaired) electrons. The number of amides is 1. The molecule has 0 unspecified atom stereocenters. The van der Waals surface area contributed by atoms with Crippen LogP contribution >= 0.6 is 23.1 Å². The molecule has 0 spiro atoms. The summed E-state index contributed by atoms with van der Waals surface area (Å²) < 4.78 is 6.07. The van der Waals surface area contributed by atoms with Crippen molar-refractivity contribution in [2.75, 3.05) is 17.6 Å². The summed E-state index contributed by atoms with van der Waals surface area (Å²) in [4.78, 5) is 14.3. The Labute approximate surface area is 190 Å². The Morgan fingerprint density at radius 2 is 2.00 bits per heavy atom. The van der Waals surface area contributed by atoms with E-state index in [4.69, 9.17) is 9.68 Å². The van der Waals surface area contributed by atoms with E-state index in [9.17, 15) is 4.79 Å². The van der Waals surface area contributed by atoms with Crippen molar-refractivity contribution in [2.24, 2.45) is 0 Å². The fraction of sp³-hybridized carbons (Fsp3) is 0.364. The summed E-state index contributed by atoms with van der Waals surface area (Å²) in [6, 6.07) is 12.0. The largest absolute Gasteiger partial charge is 0.467 e. The number of nitrogens with one attached hydrogen (secondary N) is 1. The normalized spacial score (nSPS) is 10.6. The Morgan fingerprint density at radius 3 is 2.65 bits per heavy atom. The van der Waals surface area contributed by atoms with E-state index in [-0.39, 0.29) is 18.1 Å². The number of nitrogens with zero attached hydrogens (tertiary/aromatic N) is 4. The van der Waals surface area contributed by atoms with Gasteiger partial charge in [0.15, 0.2) is 4.34 Å². The molecular formula is C22H25N5O2S2. The third-order valence-corrected chi connectivity index (χ3v) is 6.69. The minimum atomic E-state index is -0.0639. The van der Waals surface area contributed by atoms with Gasteiger partial charge in [-0.25, -0.2) is 0 Å². The molecule has 1 N–H and O–H groups in total. The number of aromatic nitrogens is 2. The van der Waals surface area contributed by atoms with E-state index in [2.05, 4.69) is 53.6 Å². The summed E-state index contributed by atoms with van der Waals surface area (Å²) in [7, 11) is 0. The number of para-hydroxylation sites is 1. The molecule has 0 aliphatic carbocycles. The van der Waals surface area contributed by atoms with Crippen molar-refractivity contribution in [2.45, 2.75) is 44.0 Å². The van der Waals surface area contributed by atoms with Crippen LogP contribution in [0.5, 0.6) is 0 Å². The summed E-state index contributed by atoms with van der Waals surface area (Å²) >= 11 is 2.79. The number of aryl methyl sites for hydroxylation is 2. The standard InChI is InChI=1S/C22H25N5O2S2/c1-3-16-8-5-9-17(4-2)20(16)24-21-25-26-22(31-21)30-15-19(28)27(12-7-11-23)14-18-10-6-13-29-18/h5-6,8-10,13H,3-4,7,12,14-15H2,1-2H3,(H,24,25). The van der Waals surface area contributed by atoms with Gasteiger partial charge in [0.05, 0.1) is 31.1 Å². The van der Waals surface area contributed by atoms with Gasteiger partial charge < -0.3 is 14.6 Å². The second-order valence-electron chi connectivity index (χ2n) is 6.75. The quantitative estimate of drug-likeness (QED) is 0.405. The summed E-state index contributed by atoms with van der Waals surface area (Å²) in [5.74, 6) is 0.859. The molecule has 3 aromatic rings. The van der Waals surface area contributed by atoms with Gasteiger partial charge in [0.2, 0.25) is 11.0 Å². The third kappa shape index (κ3) is 6.32. The van der Waals surface area contributed by atoms with E-state index in [1.807, 2.05) is 6.07 Å². The Balaban J connectivity index is 1.61. The van der Waals surface area contributed by atoms with Crippen LogP contribution in [0.15, 0.2) is 45.4 Å². The average Bonchev–Trinajstić information content (AvgIpc) is 3.47. The van der Waals surface area contributed by atoms with Crippen LogP contribution < -0.4 is 5.32 Å². The molecule has 0 bridgehead atoms. The molecule has 9 heteroatoms. The van der Waals surface area contributed by atoms with Crippen molar-refractivity contribution < 1.29 is 9.21 Å². The molecule has 162 valence electrons. The predicted molar refractivity (Wildman–Crippen MR) is 123 cm³/mol. The highest BCUT2D eigenvalue weighted by molar-refractivity contribution is 8.01. The number of furan rings is 1. The number of hydrogen-bond donors (Lipinski definition) is 1. The van der Waals surface area contributed by atoms with E-state index in [0.717, 1.165) is 22.9 Å². The average molecular weight is 456 g/mol. The predicted octanol–water partition coefficient (Wildman–Crippen LogP) is 5.03.